The number of Topliss-reactive ketones (excluding diaryl/α,β-unsaturated/α-hetero) is 1. The Kier molecular flexibility index (Phi) is 5.15. The van der Waals surface area contributed by atoms with Gasteiger partial charge in [0.2, 0.25) is 0 Å². The first-order valence-corrected chi connectivity index (χ1v) is 7.60. The Morgan fingerprint density at radius 1 is 1.21 bits per heavy atom. The van der Waals surface area contributed by atoms with Gasteiger partial charge >= 0.3 is 0 Å². The molecule has 0 N–H and O–H groups in total. The van der Waals surface area contributed by atoms with Gasteiger partial charge in [-0.15, -0.1) is 0 Å². The van der Waals surface area contributed by atoms with Crippen molar-refractivity contribution in [2.24, 2.45) is 0 Å². The molecule has 0 saturated heterocycles. The molecule has 0 spiro atoms. The summed E-state index contributed by atoms with van der Waals surface area (Å²) in [7, 11) is 0. The molecular weight excluding hydrogens is 234 g/mol. The second-order valence-electron chi connectivity index (χ2n) is 5.53. The highest BCUT2D eigenvalue weighted by Crippen LogP contribution is 2.27. The summed E-state index contributed by atoms with van der Waals surface area (Å²) in [5.41, 5.74) is 2.15. The van der Waals surface area contributed by atoms with E-state index in [2.05, 4.69) is 30.9 Å². The molecule has 2 nitrogen and oxygen atoms in total. The van der Waals surface area contributed by atoms with Crippen LogP contribution >= 0.6 is 0 Å². The molecule has 104 valence electrons. The molecule has 1 aliphatic carbocycles. The van der Waals surface area contributed by atoms with Gasteiger partial charge in [-0.1, -0.05) is 44.5 Å². The Balaban J connectivity index is 1.93. The minimum Gasteiger partial charge on any atom is -0.293 e. The molecule has 19 heavy (non-hydrogen) atoms. The van der Waals surface area contributed by atoms with E-state index in [1.807, 2.05) is 12.1 Å². The fourth-order valence-corrected chi connectivity index (χ4v) is 2.39. The number of aryl methyl sites for hydroxylation is 1. The molecule has 1 aliphatic rings. The largest absolute Gasteiger partial charge is 0.293 e. The average molecular weight is 259 g/mol. The second-order valence-corrected chi connectivity index (χ2v) is 5.53. The van der Waals surface area contributed by atoms with Crippen molar-refractivity contribution in [2.75, 3.05) is 13.1 Å². The van der Waals surface area contributed by atoms with Crippen molar-refractivity contribution < 1.29 is 4.79 Å². The van der Waals surface area contributed by atoms with Gasteiger partial charge in [-0.05, 0) is 37.8 Å². The van der Waals surface area contributed by atoms with Gasteiger partial charge in [-0.3, -0.25) is 9.69 Å². The smallest absolute Gasteiger partial charge is 0.176 e. The molecule has 0 bridgehead atoms. The van der Waals surface area contributed by atoms with Gasteiger partial charge in [0, 0.05) is 11.6 Å². The van der Waals surface area contributed by atoms with Gasteiger partial charge in [0.15, 0.2) is 5.78 Å². The van der Waals surface area contributed by atoms with Gasteiger partial charge in [0.25, 0.3) is 0 Å². The highest BCUT2D eigenvalue weighted by atomic mass is 16.1. The lowest BCUT2D eigenvalue weighted by molar-refractivity contribution is 0.0923. The zero-order valence-electron chi connectivity index (χ0n) is 12.2. The Bertz CT molecular complexity index is 406. The van der Waals surface area contributed by atoms with Gasteiger partial charge in [0.05, 0.1) is 6.54 Å². The predicted octanol–water partition coefficient (Wildman–Crippen LogP) is 3.70. The Morgan fingerprint density at radius 3 is 2.42 bits per heavy atom. The van der Waals surface area contributed by atoms with Crippen LogP contribution in [-0.2, 0) is 6.42 Å². The Morgan fingerprint density at radius 2 is 1.89 bits per heavy atom. The third-order valence-corrected chi connectivity index (χ3v) is 3.89. The first-order valence-electron chi connectivity index (χ1n) is 7.60. The zero-order valence-corrected chi connectivity index (χ0v) is 12.2. The topological polar surface area (TPSA) is 20.3 Å². The number of benzene rings is 1. The maximum Gasteiger partial charge on any atom is 0.176 e. The zero-order chi connectivity index (χ0) is 13.7. The van der Waals surface area contributed by atoms with Crippen molar-refractivity contribution in [3.05, 3.63) is 35.4 Å². The number of carbonyl (C=O) groups is 1. The van der Waals surface area contributed by atoms with Crippen LogP contribution in [0.3, 0.4) is 0 Å². The lowest BCUT2D eigenvalue weighted by Gasteiger charge is -2.20. The van der Waals surface area contributed by atoms with E-state index >= 15 is 0 Å². The van der Waals surface area contributed by atoms with Crippen LogP contribution in [0.15, 0.2) is 24.3 Å². The molecule has 1 saturated carbocycles. The average Bonchev–Trinajstić information content (AvgIpc) is 3.28. The van der Waals surface area contributed by atoms with Crippen molar-refractivity contribution in [3.8, 4) is 0 Å². The summed E-state index contributed by atoms with van der Waals surface area (Å²) in [5, 5.41) is 0. The maximum absolute atomic E-state index is 12.3. The molecule has 0 heterocycles. The van der Waals surface area contributed by atoms with E-state index in [0.717, 1.165) is 18.5 Å². The van der Waals surface area contributed by atoms with Crippen LogP contribution in [0.5, 0.6) is 0 Å². The number of nitrogens with zero attached hydrogens (tertiary/aromatic N) is 1. The van der Waals surface area contributed by atoms with E-state index in [1.165, 1.54) is 31.2 Å². The van der Waals surface area contributed by atoms with E-state index < -0.39 is 0 Å². The van der Waals surface area contributed by atoms with Gasteiger partial charge < -0.3 is 0 Å². The van der Waals surface area contributed by atoms with Crippen LogP contribution < -0.4 is 0 Å². The monoisotopic (exact) mass is 259 g/mol. The summed E-state index contributed by atoms with van der Waals surface area (Å²) in [6.45, 7) is 6.00. The van der Waals surface area contributed by atoms with Crippen LogP contribution in [0, 0.1) is 0 Å². The molecule has 2 heteroatoms. The molecule has 0 amide bonds. The number of ketones is 1. The fraction of sp³-hybridized carbons (Fsp3) is 0.588. The number of hydrogen-bond donors (Lipinski definition) is 0. The van der Waals surface area contributed by atoms with E-state index in [-0.39, 0.29) is 5.78 Å². The molecule has 0 radical (unpaired) electrons. The van der Waals surface area contributed by atoms with Gasteiger partial charge in [0.1, 0.15) is 0 Å². The molecule has 2 rings (SSSR count). The normalized spacial score (nSPS) is 14.9. The highest BCUT2D eigenvalue weighted by Gasteiger charge is 2.29. The molecule has 1 aromatic carbocycles. The van der Waals surface area contributed by atoms with Gasteiger partial charge in [-0.25, -0.2) is 0 Å². The minimum absolute atomic E-state index is 0.269. The van der Waals surface area contributed by atoms with E-state index in [0.29, 0.717) is 12.6 Å². The van der Waals surface area contributed by atoms with E-state index in [1.54, 1.807) is 0 Å². The number of carbonyl (C=O) groups excluding carboxylic acids is 1. The summed E-state index contributed by atoms with van der Waals surface area (Å²) in [4.78, 5) is 14.7. The van der Waals surface area contributed by atoms with Crippen LogP contribution in [0.2, 0.25) is 0 Å². The van der Waals surface area contributed by atoms with Crippen molar-refractivity contribution in [1.82, 2.24) is 4.90 Å². The molecule has 0 aliphatic heterocycles. The van der Waals surface area contributed by atoms with E-state index in [9.17, 15) is 4.79 Å². The van der Waals surface area contributed by atoms with Gasteiger partial charge in [-0.2, -0.15) is 0 Å². The van der Waals surface area contributed by atoms with E-state index in [4.69, 9.17) is 0 Å². The van der Waals surface area contributed by atoms with Crippen molar-refractivity contribution in [1.29, 1.82) is 0 Å². The highest BCUT2D eigenvalue weighted by molar-refractivity contribution is 5.97. The molecular formula is C17H25NO. The fourth-order valence-electron chi connectivity index (χ4n) is 2.39. The quantitative estimate of drug-likeness (QED) is 0.664. The second kappa shape index (κ2) is 6.85. The van der Waals surface area contributed by atoms with Crippen LogP contribution in [0.25, 0.3) is 0 Å². The Labute approximate surface area is 116 Å². The number of hydrogen-bond acceptors (Lipinski definition) is 2. The summed E-state index contributed by atoms with van der Waals surface area (Å²) in [6.07, 6.45) is 5.96. The van der Waals surface area contributed by atoms with Crippen molar-refractivity contribution in [2.45, 2.75) is 52.0 Å². The first-order chi connectivity index (χ1) is 9.24. The lowest BCUT2D eigenvalue weighted by Crippen LogP contribution is -2.32. The standard InChI is InChI=1S/C17H25NO/c1-3-5-12-18(16-10-11-16)13-17(19)15-8-6-14(4-2)7-9-15/h6-9,16H,3-5,10-13H2,1-2H3. The summed E-state index contributed by atoms with van der Waals surface area (Å²) < 4.78 is 0. The minimum atomic E-state index is 0.269. The first kappa shape index (κ1) is 14.3. The lowest BCUT2D eigenvalue weighted by atomic mass is 10.1. The summed E-state index contributed by atoms with van der Waals surface area (Å²) in [5.74, 6) is 0.269. The Hall–Kier alpha value is -1.15. The molecule has 0 aromatic heterocycles. The van der Waals surface area contributed by atoms with Crippen LogP contribution in [0.1, 0.15) is 55.5 Å². The summed E-state index contributed by atoms with van der Waals surface area (Å²) in [6, 6.07) is 8.77. The third-order valence-electron chi connectivity index (χ3n) is 3.89. The van der Waals surface area contributed by atoms with Crippen LogP contribution in [-0.4, -0.2) is 29.8 Å². The number of unbranched alkanes of at least 4 members (excludes halogenated alkanes) is 1. The number of rotatable bonds is 8. The molecule has 0 atom stereocenters. The maximum atomic E-state index is 12.3. The van der Waals surface area contributed by atoms with Crippen molar-refractivity contribution in [3.63, 3.8) is 0 Å². The van der Waals surface area contributed by atoms with Crippen molar-refractivity contribution >= 4 is 5.78 Å². The van der Waals surface area contributed by atoms with Crippen LogP contribution in [0.4, 0.5) is 0 Å². The molecule has 1 aromatic rings. The summed E-state index contributed by atoms with van der Waals surface area (Å²) >= 11 is 0. The molecule has 1 fully saturated rings. The predicted molar refractivity (Wildman–Crippen MR) is 79.7 cm³/mol. The SMILES string of the molecule is CCCCN(CC(=O)c1ccc(CC)cc1)C1CC1. The third kappa shape index (κ3) is 4.17. The molecule has 0 unspecified atom stereocenters.